The second-order valence-electron chi connectivity index (χ2n) is 12.2. The first-order valence-electron chi connectivity index (χ1n) is 16.2. The van der Waals surface area contributed by atoms with E-state index in [9.17, 15) is 0 Å². The normalized spacial score (nSPS) is 11.8. The molecule has 0 saturated carbocycles. The van der Waals surface area contributed by atoms with Crippen molar-refractivity contribution in [2.24, 2.45) is 0 Å². The smallest absolute Gasteiger partial charge is 0.181 e. The Hall–Kier alpha value is -6.52. The molecule has 48 heavy (non-hydrogen) atoms. The highest BCUT2D eigenvalue weighted by molar-refractivity contribution is 6.13. The summed E-state index contributed by atoms with van der Waals surface area (Å²) in [5.74, 6) is 0. The number of hydrogen-bond acceptors (Lipinski definition) is 3. The molecular weight excluding hydrogens is 588 g/mol. The molecule has 0 fully saturated rings. The lowest BCUT2D eigenvalue weighted by Gasteiger charge is -2.25. The molecular formula is C44H28N2O2. The fourth-order valence-electron chi connectivity index (χ4n) is 7.17. The first-order chi connectivity index (χ1) is 23.8. The molecule has 0 atom stereocenters. The molecule has 10 aromatic rings. The number of rotatable bonds is 5. The first-order valence-corrected chi connectivity index (χ1v) is 16.2. The van der Waals surface area contributed by atoms with Gasteiger partial charge in [-0.15, -0.1) is 0 Å². The Bertz CT molecular complexity index is 2770. The Balaban J connectivity index is 1.07. The number of fused-ring (bicyclic) bond motifs is 8. The van der Waals surface area contributed by atoms with Gasteiger partial charge in [-0.2, -0.15) is 0 Å². The standard InChI is InChI=1S/C44H28N2O2/c1-3-11-31(12-4-1)45(34-24-25-37-42(28-34)48-43-36-16-8-10-18-41(36)47-44(37)43)33-22-19-29(20-23-33)30-21-26-40-38(27-30)35-15-7-9-17-39(35)46(40)32-13-5-2-6-14-32/h1-28H. The number of hydrogen-bond donors (Lipinski definition) is 0. The Kier molecular flexibility index (Phi) is 5.84. The molecule has 3 heterocycles. The van der Waals surface area contributed by atoms with E-state index < -0.39 is 0 Å². The number of para-hydroxylation sites is 4. The van der Waals surface area contributed by atoms with Gasteiger partial charge in [0.2, 0.25) is 0 Å². The molecule has 4 nitrogen and oxygen atoms in total. The third-order valence-electron chi connectivity index (χ3n) is 9.39. The van der Waals surface area contributed by atoms with Crippen LogP contribution in [-0.4, -0.2) is 4.57 Å². The van der Waals surface area contributed by atoms with Crippen LogP contribution in [0.5, 0.6) is 0 Å². The second kappa shape index (κ2) is 10.5. The van der Waals surface area contributed by atoms with Gasteiger partial charge in [-0.05, 0) is 90.0 Å². The van der Waals surface area contributed by atoms with E-state index in [4.69, 9.17) is 8.83 Å². The lowest BCUT2D eigenvalue weighted by Crippen LogP contribution is -2.09. The SMILES string of the molecule is c1ccc(N(c2ccc(-c3ccc4c(c3)c3ccccc3n4-c3ccccc3)cc2)c2ccc3c(c2)oc2c4ccccc4oc32)cc1. The molecule has 0 N–H and O–H groups in total. The van der Waals surface area contributed by atoms with Gasteiger partial charge in [-0.1, -0.05) is 84.9 Å². The first kappa shape index (κ1) is 26.7. The summed E-state index contributed by atoms with van der Waals surface area (Å²) >= 11 is 0. The van der Waals surface area contributed by atoms with Crippen molar-refractivity contribution < 1.29 is 8.83 Å². The van der Waals surface area contributed by atoms with Crippen LogP contribution in [0.3, 0.4) is 0 Å². The largest absolute Gasteiger partial charge is 0.452 e. The van der Waals surface area contributed by atoms with E-state index in [0.29, 0.717) is 0 Å². The summed E-state index contributed by atoms with van der Waals surface area (Å²) < 4.78 is 15.0. The summed E-state index contributed by atoms with van der Waals surface area (Å²) in [7, 11) is 0. The van der Waals surface area contributed by atoms with E-state index in [-0.39, 0.29) is 0 Å². The average molecular weight is 617 g/mol. The molecule has 0 spiro atoms. The van der Waals surface area contributed by atoms with Gasteiger partial charge in [-0.3, -0.25) is 0 Å². The minimum absolute atomic E-state index is 0.789. The second-order valence-corrected chi connectivity index (χ2v) is 12.2. The molecule has 0 aliphatic heterocycles. The summed E-state index contributed by atoms with van der Waals surface area (Å²) in [6, 6.07) is 59.7. The zero-order chi connectivity index (χ0) is 31.6. The fourth-order valence-corrected chi connectivity index (χ4v) is 7.17. The molecule has 0 radical (unpaired) electrons. The van der Waals surface area contributed by atoms with Crippen molar-refractivity contribution in [1.82, 2.24) is 4.57 Å². The van der Waals surface area contributed by atoms with Crippen molar-refractivity contribution >= 4 is 72.0 Å². The summed E-state index contributed by atoms with van der Waals surface area (Å²) in [5.41, 5.74) is 12.3. The van der Waals surface area contributed by atoms with Crippen LogP contribution >= 0.6 is 0 Å². The van der Waals surface area contributed by atoms with E-state index in [1.807, 2.05) is 30.3 Å². The van der Waals surface area contributed by atoms with Gasteiger partial charge in [-0.25, -0.2) is 0 Å². The molecule has 10 rings (SSSR count). The Morgan fingerprint density at radius 3 is 1.77 bits per heavy atom. The van der Waals surface area contributed by atoms with Crippen molar-refractivity contribution in [2.45, 2.75) is 0 Å². The molecule has 3 aromatic heterocycles. The van der Waals surface area contributed by atoms with Gasteiger partial charge in [0.1, 0.15) is 11.2 Å². The van der Waals surface area contributed by atoms with E-state index in [0.717, 1.165) is 55.9 Å². The van der Waals surface area contributed by atoms with Crippen LogP contribution in [0.4, 0.5) is 17.1 Å². The number of anilines is 3. The van der Waals surface area contributed by atoms with Gasteiger partial charge >= 0.3 is 0 Å². The molecule has 0 saturated heterocycles. The lowest BCUT2D eigenvalue weighted by molar-refractivity contribution is 0.653. The van der Waals surface area contributed by atoms with Crippen molar-refractivity contribution in [2.75, 3.05) is 4.90 Å². The third-order valence-corrected chi connectivity index (χ3v) is 9.39. The minimum Gasteiger partial charge on any atom is -0.452 e. The van der Waals surface area contributed by atoms with Crippen LogP contribution < -0.4 is 4.90 Å². The van der Waals surface area contributed by atoms with E-state index in [1.54, 1.807) is 0 Å². The molecule has 7 aromatic carbocycles. The molecule has 4 heteroatoms. The third kappa shape index (κ3) is 4.10. The summed E-state index contributed by atoms with van der Waals surface area (Å²) in [6.07, 6.45) is 0. The van der Waals surface area contributed by atoms with Gasteiger partial charge in [0.25, 0.3) is 0 Å². The maximum absolute atomic E-state index is 6.42. The Morgan fingerprint density at radius 2 is 0.958 bits per heavy atom. The van der Waals surface area contributed by atoms with Crippen LogP contribution in [0.2, 0.25) is 0 Å². The van der Waals surface area contributed by atoms with Crippen molar-refractivity contribution in [3.8, 4) is 16.8 Å². The van der Waals surface area contributed by atoms with Gasteiger partial charge in [0.05, 0.1) is 21.8 Å². The maximum atomic E-state index is 6.42. The Morgan fingerprint density at radius 1 is 0.375 bits per heavy atom. The van der Waals surface area contributed by atoms with Crippen molar-refractivity contribution in [3.63, 3.8) is 0 Å². The monoisotopic (exact) mass is 616 g/mol. The number of aromatic nitrogens is 1. The highest BCUT2D eigenvalue weighted by atomic mass is 16.4. The maximum Gasteiger partial charge on any atom is 0.181 e. The predicted molar refractivity (Wildman–Crippen MR) is 198 cm³/mol. The summed E-state index contributed by atoms with van der Waals surface area (Å²) in [6.45, 7) is 0. The molecule has 0 aliphatic rings. The zero-order valence-electron chi connectivity index (χ0n) is 25.9. The van der Waals surface area contributed by atoms with E-state index in [1.165, 1.54) is 32.9 Å². The quantitative estimate of drug-likeness (QED) is 0.193. The van der Waals surface area contributed by atoms with Crippen LogP contribution in [0.1, 0.15) is 0 Å². The highest BCUT2D eigenvalue weighted by Gasteiger charge is 2.19. The summed E-state index contributed by atoms with van der Waals surface area (Å²) in [4.78, 5) is 2.27. The van der Waals surface area contributed by atoms with Crippen molar-refractivity contribution in [3.05, 3.63) is 170 Å². The highest BCUT2D eigenvalue weighted by Crippen LogP contribution is 2.42. The van der Waals surface area contributed by atoms with E-state index >= 15 is 0 Å². The van der Waals surface area contributed by atoms with Crippen LogP contribution in [0, 0.1) is 0 Å². The van der Waals surface area contributed by atoms with Gasteiger partial charge in [0.15, 0.2) is 11.2 Å². The van der Waals surface area contributed by atoms with Crippen LogP contribution in [0.25, 0.3) is 71.7 Å². The predicted octanol–water partition coefficient (Wildman–Crippen LogP) is 12.6. The summed E-state index contributed by atoms with van der Waals surface area (Å²) in [5, 5.41) is 4.45. The molecule has 0 unspecified atom stereocenters. The molecule has 226 valence electrons. The van der Waals surface area contributed by atoms with Gasteiger partial charge in [0, 0.05) is 39.6 Å². The van der Waals surface area contributed by atoms with E-state index in [2.05, 4.69) is 149 Å². The Labute approximate surface area is 276 Å². The molecule has 0 aliphatic carbocycles. The zero-order valence-corrected chi connectivity index (χ0v) is 25.9. The lowest BCUT2D eigenvalue weighted by atomic mass is 10.0. The average Bonchev–Trinajstić information content (AvgIpc) is 3.80. The number of benzene rings is 7. The molecule has 0 amide bonds. The fraction of sp³-hybridized carbons (Fsp3) is 0. The molecule has 0 bridgehead atoms. The van der Waals surface area contributed by atoms with Crippen LogP contribution in [-0.2, 0) is 0 Å². The van der Waals surface area contributed by atoms with Crippen molar-refractivity contribution in [1.29, 1.82) is 0 Å². The number of furan rings is 2. The number of nitrogens with zero attached hydrogens (tertiary/aromatic N) is 2. The van der Waals surface area contributed by atoms with Gasteiger partial charge < -0.3 is 18.3 Å². The van der Waals surface area contributed by atoms with Crippen LogP contribution in [0.15, 0.2) is 179 Å². The minimum atomic E-state index is 0.789. The topological polar surface area (TPSA) is 34.5 Å².